The minimum Gasteiger partial charge on any atom is -0.457 e. The van der Waals surface area contributed by atoms with Crippen LogP contribution < -0.4 is 9.47 Å². The summed E-state index contributed by atoms with van der Waals surface area (Å²) >= 11 is 3.71. The molecular weight excluding hydrogens is 917 g/mol. The van der Waals surface area contributed by atoms with E-state index in [2.05, 4.69) is 191 Å². The third-order valence-corrected chi connectivity index (χ3v) is 16.5. The fourth-order valence-corrected chi connectivity index (χ4v) is 13.5. The monoisotopic (exact) mass is 956 g/mol. The van der Waals surface area contributed by atoms with Crippen LogP contribution in [0, 0.1) is 0 Å². The molecule has 0 bridgehead atoms. The predicted molar refractivity (Wildman–Crippen MR) is 305 cm³/mol. The molecule has 0 atom stereocenters. The number of fused-ring (bicyclic) bond motifs is 12. The van der Waals surface area contributed by atoms with Gasteiger partial charge in [0.1, 0.15) is 23.0 Å². The lowest BCUT2D eigenvalue weighted by Gasteiger charge is -2.14. The standard InChI is InChI=1S/C66H40N2O2S2/c1-3-18-43(19-4-1)69-45-34-36-55-53(39-45)63-47(49-26-14-32-61-65(49)51-22-7-9-30-59(51)71-61)24-12-28-57(63)67(55)41-16-11-17-42(38-41)68-56-37-35-46(70-44-20-5-2-6-21-44)40-54(56)64-48(25-13-29-58(64)68)50-27-15-33-62-66(50)52-23-8-10-31-60(52)72-62/h1-40H. The highest BCUT2D eigenvalue weighted by molar-refractivity contribution is 7.26. The SMILES string of the molecule is c1ccc(Oc2ccc3c(c2)c2c(-c4cccc5sc6ccccc6c45)cccc2n3-c2cccc(-n3c4ccc(Oc5ccccc5)cc4c4c(-c5cccc6sc7ccccc7c56)cccc43)c2)cc1. The number of hydrogen-bond donors (Lipinski definition) is 0. The van der Waals surface area contributed by atoms with E-state index in [1.165, 1.54) is 73.4 Å². The maximum Gasteiger partial charge on any atom is 0.128 e. The summed E-state index contributed by atoms with van der Waals surface area (Å²) in [6.45, 7) is 0. The van der Waals surface area contributed by atoms with Gasteiger partial charge in [0.2, 0.25) is 0 Å². The van der Waals surface area contributed by atoms with Crippen molar-refractivity contribution in [2.75, 3.05) is 0 Å². The van der Waals surface area contributed by atoms with Gasteiger partial charge in [0, 0.05) is 73.3 Å². The Morgan fingerprint density at radius 1 is 0.250 bits per heavy atom. The average molecular weight is 957 g/mol. The van der Waals surface area contributed by atoms with Crippen molar-refractivity contribution in [3.05, 3.63) is 243 Å². The van der Waals surface area contributed by atoms with Gasteiger partial charge < -0.3 is 18.6 Å². The van der Waals surface area contributed by atoms with Crippen LogP contribution in [0.2, 0.25) is 0 Å². The van der Waals surface area contributed by atoms with Crippen molar-refractivity contribution in [2.45, 2.75) is 0 Å². The molecule has 15 aromatic rings. The summed E-state index contributed by atoms with van der Waals surface area (Å²) in [4.78, 5) is 0. The highest BCUT2D eigenvalue weighted by Gasteiger charge is 2.23. The molecule has 0 unspecified atom stereocenters. The first-order chi connectivity index (χ1) is 35.7. The van der Waals surface area contributed by atoms with Crippen LogP contribution in [0.25, 0.3) is 118 Å². The zero-order valence-corrected chi connectivity index (χ0v) is 40.3. The summed E-state index contributed by atoms with van der Waals surface area (Å²) in [7, 11) is 0. The van der Waals surface area contributed by atoms with Gasteiger partial charge in [-0.3, -0.25) is 0 Å². The molecule has 0 aliphatic heterocycles. The third kappa shape index (κ3) is 6.43. The second-order valence-corrected chi connectivity index (χ2v) is 20.5. The van der Waals surface area contributed by atoms with Gasteiger partial charge in [-0.2, -0.15) is 0 Å². The van der Waals surface area contributed by atoms with Crippen molar-refractivity contribution in [1.82, 2.24) is 9.13 Å². The number of rotatable bonds is 8. The van der Waals surface area contributed by atoms with E-state index < -0.39 is 0 Å². The first-order valence-corrected chi connectivity index (χ1v) is 25.9. The van der Waals surface area contributed by atoms with Crippen LogP contribution in [0.3, 0.4) is 0 Å². The lowest BCUT2D eigenvalue weighted by molar-refractivity contribution is 0.483. The van der Waals surface area contributed by atoms with Crippen molar-refractivity contribution >= 4 is 107 Å². The van der Waals surface area contributed by atoms with Gasteiger partial charge in [-0.05, 0) is 138 Å². The molecule has 4 heterocycles. The molecule has 0 fully saturated rings. The molecular formula is C66H40N2O2S2. The molecule has 0 aliphatic rings. The molecule has 15 rings (SSSR count). The molecule has 4 aromatic heterocycles. The predicted octanol–water partition coefficient (Wildman–Crippen LogP) is 19.5. The largest absolute Gasteiger partial charge is 0.457 e. The molecule has 72 heavy (non-hydrogen) atoms. The van der Waals surface area contributed by atoms with Gasteiger partial charge in [-0.1, -0.05) is 127 Å². The highest BCUT2D eigenvalue weighted by atomic mass is 32.1. The van der Waals surface area contributed by atoms with Gasteiger partial charge >= 0.3 is 0 Å². The Balaban J connectivity index is 0.971. The van der Waals surface area contributed by atoms with E-state index in [-0.39, 0.29) is 0 Å². The van der Waals surface area contributed by atoms with Crippen LogP contribution in [0.4, 0.5) is 0 Å². The molecule has 0 amide bonds. The van der Waals surface area contributed by atoms with Crippen molar-refractivity contribution in [3.8, 4) is 56.6 Å². The van der Waals surface area contributed by atoms with Crippen molar-refractivity contribution in [3.63, 3.8) is 0 Å². The minimum absolute atomic E-state index is 0.790. The number of ether oxygens (including phenoxy) is 2. The van der Waals surface area contributed by atoms with E-state index in [1.807, 2.05) is 83.3 Å². The minimum atomic E-state index is 0.790. The highest BCUT2D eigenvalue weighted by Crippen LogP contribution is 2.48. The second-order valence-electron chi connectivity index (χ2n) is 18.3. The fourth-order valence-electron chi connectivity index (χ4n) is 11.3. The molecule has 0 N–H and O–H groups in total. The number of thiophene rings is 2. The van der Waals surface area contributed by atoms with E-state index in [0.29, 0.717) is 0 Å². The number of benzene rings is 11. The smallest absolute Gasteiger partial charge is 0.128 e. The Morgan fingerprint density at radius 3 is 1.11 bits per heavy atom. The third-order valence-electron chi connectivity index (χ3n) is 14.2. The van der Waals surface area contributed by atoms with Gasteiger partial charge in [0.05, 0.1) is 22.1 Å². The molecule has 0 radical (unpaired) electrons. The summed E-state index contributed by atoms with van der Waals surface area (Å²) in [5.41, 5.74) is 11.4. The maximum absolute atomic E-state index is 6.57. The van der Waals surface area contributed by atoms with E-state index in [1.54, 1.807) is 0 Å². The molecule has 0 aliphatic carbocycles. The Morgan fingerprint density at radius 2 is 0.639 bits per heavy atom. The summed E-state index contributed by atoms with van der Waals surface area (Å²) in [5.74, 6) is 3.18. The lowest BCUT2D eigenvalue weighted by atomic mass is 9.95. The number of aromatic nitrogens is 2. The molecule has 0 saturated heterocycles. The first kappa shape index (κ1) is 40.9. The van der Waals surface area contributed by atoms with Crippen LogP contribution in [0.1, 0.15) is 0 Å². The van der Waals surface area contributed by atoms with Crippen LogP contribution in [-0.4, -0.2) is 9.13 Å². The number of para-hydroxylation sites is 2. The van der Waals surface area contributed by atoms with Crippen molar-refractivity contribution in [1.29, 1.82) is 0 Å². The number of hydrogen-bond acceptors (Lipinski definition) is 4. The lowest BCUT2D eigenvalue weighted by Crippen LogP contribution is -1.98. The van der Waals surface area contributed by atoms with Crippen LogP contribution in [0.15, 0.2) is 243 Å². The number of nitrogens with zero attached hydrogens (tertiary/aromatic N) is 2. The van der Waals surface area contributed by atoms with Gasteiger partial charge in [0.25, 0.3) is 0 Å². The molecule has 338 valence electrons. The molecule has 6 heteroatoms. The van der Waals surface area contributed by atoms with E-state index in [4.69, 9.17) is 9.47 Å². The molecule has 0 spiro atoms. The fraction of sp³-hybridized carbons (Fsp3) is 0. The van der Waals surface area contributed by atoms with Crippen LogP contribution in [-0.2, 0) is 0 Å². The quantitative estimate of drug-likeness (QED) is 0.152. The maximum atomic E-state index is 6.57. The van der Waals surface area contributed by atoms with E-state index in [0.717, 1.165) is 67.2 Å². The normalized spacial score (nSPS) is 11.9. The second kappa shape index (κ2) is 16.3. The van der Waals surface area contributed by atoms with E-state index >= 15 is 0 Å². The van der Waals surface area contributed by atoms with Gasteiger partial charge in [-0.25, -0.2) is 0 Å². The van der Waals surface area contributed by atoms with Crippen LogP contribution in [0.5, 0.6) is 23.0 Å². The summed E-state index contributed by atoms with van der Waals surface area (Å²) < 4.78 is 23.1. The summed E-state index contributed by atoms with van der Waals surface area (Å²) in [6.07, 6.45) is 0. The van der Waals surface area contributed by atoms with Crippen molar-refractivity contribution in [2.24, 2.45) is 0 Å². The topological polar surface area (TPSA) is 28.3 Å². The first-order valence-electron chi connectivity index (χ1n) is 24.2. The molecule has 0 saturated carbocycles. The van der Waals surface area contributed by atoms with Gasteiger partial charge in [0.15, 0.2) is 0 Å². The Bertz CT molecular complexity index is 4340. The van der Waals surface area contributed by atoms with Crippen molar-refractivity contribution < 1.29 is 9.47 Å². The Labute approximate surface area is 422 Å². The Hall–Kier alpha value is -8.94. The van der Waals surface area contributed by atoms with Crippen LogP contribution >= 0.6 is 22.7 Å². The van der Waals surface area contributed by atoms with E-state index in [9.17, 15) is 0 Å². The average Bonchev–Trinajstić information content (AvgIpc) is 4.19. The molecule has 11 aromatic carbocycles. The molecule has 4 nitrogen and oxygen atoms in total. The zero-order chi connectivity index (χ0) is 47.3. The summed E-state index contributed by atoms with van der Waals surface area (Å²) in [5, 5.41) is 9.75. The summed E-state index contributed by atoms with van der Waals surface area (Å²) in [6, 6.07) is 86.8. The zero-order valence-electron chi connectivity index (χ0n) is 38.6. The van der Waals surface area contributed by atoms with Gasteiger partial charge in [-0.15, -0.1) is 22.7 Å². The Kier molecular flexibility index (Phi) is 9.27.